The average Bonchev–Trinajstić information content (AvgIpc) is 2.19. The Balaban J connectivity index is 2.33. The molecule has 0 atom stereocenters. The summed E-state index contributed by atoms with van der Waals surface area (Å²) in [7, 11) is 4.05. The second-order valence-corrected chi connectivity index (χ2v) is 6.31. The van der Waals surface area contributed by atoms with Gasteiger partial charge in [0, 0.05) is 19.1 Å². The van der Waals surface area contributed by atoms with E-state index in [0.29, 0.717) is 5.92 Å². The van der Waals surface area contributed by atoms with Crippen molar-refractivity contribution in [3.05, 3.63) is 0 Å². The fourth-order valence-corrected chi connectivity index (χ4v) is 2.13. The van der Waals surface area contributed by atoms with E-state index in [4.69, 9.17) is 0 Å². The molecule has 2 amide bonds. The summed E-state index contributed by atoms with van der Waals surface area (Å²) in [5, 5.41) is 2.99. The molecular formula is C13H27N3O. The quantitative estimate of drug-likeness (QED) is 0.800. The Kier molecular flexibility index (Phi) is 4.80. The molecule has 4 heteroatoms. The molecule has 0 spiro atoms. The number of rotatable bonds is 2. The third kappa shape index (κ3) is 5.39. The maximum atomic E-state index is 11.9. The normalized spacial score (nSPS) is 19.1. The molecule has 0 radical (unpaired) electrons. The van der Waals surface area contributed by atoms with Gasteiger partial charge in [0.05, 0.1) is 0 Å². The van der Waals surface area contributed by atoms with Gasteiger partial charge in [-0.05, 0) is 59.7 Å². The molecule has 1 heterocycles. The van der Waals surface area contributed by atoms with Gasteiger partial charge in [-0.25, -0.2) is 4.79 Å². The van der Waals surface area contributed by atoms with Crippen molar-refractivity contribution in [2.75, 3.05) is 33.7 Å². The lowest BCUT2D eigenvalue weighted by Crippen LogP contribution is -2.48. The van der Waals surface area contributed by atoms with Crippen molar-refractivity contribution in [1.82, 2.24) is 15.1 Å². The summed E-state index contributed by atoms with van der Waals surface area (Å²) in [5.74, 6) is 0.655. The Hall–Kier alpha value is -0.770. The van der Waals surface area contributed by atoms with Gasteiger partial charge in [0.15, 0.2) is 0 Å². The number of piperidine rings is 1. The molecule has 1 saturated heterocycles. The Bertz CT molecular complexity index is 252. The van der Waals surface area contributed by atoms with Crippen molar-refractivity contribution >= 4 is 6.03 Å². The minimum Gasteiger partial charge on any atom is -0.333 e. The molecule has 0 bridgehead atoms. The molecule has 1 aliphatic rings. The van der Waals surface area contributed by atoms with Gasteiger partial charge >= 0.3 is 6.03 Å². The van der Waals surface area contributed by atoms with E-state index in [1.165, 1.54) is 12.8 Å². The number of nitrogens with zero attached hydrogens (tertiary/aromatic N) is 2. The molecule has 1 rings (SSSR count). The number of hydrogen-bond donors (Lipinski definition) is 1. The molecule has 1 N–H and O–H groups in total. The molecular weight excluding hydrogens is 214 g/mol. The largest absolute Gasteiger partial charge is 0.333 e. The third-order valence-electron chi connectivity index (χ3n) is 3.20. The van der Waals surface area contributed by atoms with E-state index in [9.17, 15) is 4.79 Å². The number of carbonyl (C=O) groups is 1. The lowest BCUT2D eigenvalue weighted by molar-refractivity contribution is 0.165. The first-order valence-electron chi connectivity index (χ1n) is 6.50. The highest BCUT2D eigenvalue weighted by molar-refractivity contribution is 5.74. The Morgan fingerprint density at radius 1 is 1.35 bits per heavy atom. The zero-order valence-electron chi connectivity index (χ0n) is 11.9. The molecule has 0 unspecified atom stereocenters. The van der Waals surface area contributed by atoms with E-state index in [1.54, 1.807) is 0 Å². The first-order valence-corrected chi connectivity index (χ1v) is 6.50. The number of nitrogens with one attached hydrogen (secondary N) is 1. The highest BCUT2D eigenvalue weighted by Crippen LogP contribution is 2.16. The predicted molar refractivity (Wildman–Crippen MR) is 71.1 cm³/mol. The van der Waals surface area contributed by atoms with E-state index in [1.807, 2.05) is 32.7 Å². The maximum absolute atomic E-state index is 11.9. The van der Waals surface area contributed by atoms with Crippen molar-refractivity contribution < 1.29 is 4.79 Å². The van der Waals surface area contributed by atoms with Crippen LogP contribution in [0.25, 0.3) is 0 Å². The molecule has 17 heavy (non-hydrogen) atoms. The Morgan fingerprint density at radius 2 is 1.88 bits per heavy atom. The summed E-state index contributed by atoms with van der Waals surface area (Å²) in [6, 6.07) is 0.0384. The smallest absolute Gasteiger partial charge is 0.317 e. The summed E-state index contributed by atoms with van der Waals surface area (Å²) in [4.78, 5) is 16.1. The van der Waals surface area contributed by atoms with Crippen LogP contribution in [-0.2, 0) is 0 Å². The maximum Gasteiger partial charge on any atom is 0.317 e. The molecule has 0 saturated carbocycles. The fraction of sp³-hybridized carbons (Fsp3) is 0.923. The van der Waals surface area contributed by atoms with Crippen molar-refractivity contribution in [3.63, 3.8) is 0 Å². The Morgan fingerprint density at radius 3 is 2.35 bits per heavy atom. The monoisotopic (exact) mass is 241 g/mol. The number of likely N-dealkylation sites (tertiary alicyclic amines) is 1. The zero-order chi connectivity index (χ0) is 13.1. The van der Waals surface area contributed by atoms with Crippen LogP contribution in [0, 0.1) is 5.92 Å². The number of amides is 2. The van der Waals surface area contributed by atoms with E-state index in [2.05, 4.69) is 17.3 Å². The standard InChI is InChI=1S/C13H27N3O/c1-13(2,3)14-12(17)16(5)10-11-6-8-15(4)9-7-11/h11H,6-10H2,1-5H3,(H,14,17). The van der Waals surface area contributed by atoms with Gasteiger partial charge in [-0.3, -0.25) is 0 Å². The van der Waals surface area contributed by atoms with Gasteiger partial charge in [-0.2, -0.15) is 0 Å². The van der Waals surface area contributed by atoms with Crippen molar-refractivity contribution in [3.8, 4) is 0 Å². The van der Waals surface area contributed by atoms with Crippen LogP contribution in [0.4, 0.5) is 4.79 Å². The first-order chi connectivity index (χ1) is 7.78. The molecule has 0 aromatic heterocycles. The minimum absolute atomic E-state index is 0.0384. The topological polar surface area (TPSA) is 35.6 Å². The van der Waals surface area contributed by atoms with Gasteiger partial charge in [0.2, 0.25) is 0 Å². The minimum atomic E-state index is -0.155. The number of carbonyl (C=O) groups excluding carboxylic acids is 1. The molecule has 1 aliphatic heterocycles. The van der Waals surface area contributed by atoms with Crippen LogP contribution >= 0.6 is 0 Å². The van der Waals surface area contributed by atoms with Crippen LogP contribution in [-0.4, -0.2) is 55.1 Å². The van der Waals surface area contributed by atoms with Gasteiger partial charge in [0.1, 0.15) is 0 Å². The number of urea groups is 1. The average molecular weight is 241 g/mol. The lowest BCUT2D eigenvalue weighted by Gasteiger charge is -2.33. The Labute approximate surface area is 105 Å². The SMILES string of the molecule is CN1CCC(CN(C)C(=O)NC(C)(C)C)CC1. The molecule has 0 aromatic rings. The van der Waals surface area contributed by atoms with Crippen LogP contribution in [0.3, 0.4) is 0 Å². The zero-order valence-corrected chi connectivity index (χ0v) is 11.9. The van der Waals surface area contributed by atoms with E-state index in [0.717, 1.165) is 19.6 Å². The first kappa shape index (κ1) is 14.3. The third-order valence-corrected chi connectivity index (χ3v) is 3.20. The summed E-state index contributed by atoms with van der Waals surface area (Å²) < 4.78 is 0. The van der Waals surface area contributed by atoms with Gasteiger partial charge in [0.25, 0.3) is 0 Å². The second kappa shape index (κ2) is 5.71. The van der Waals surface area contributed by atoms with Crippen LogP contribution in [0.1, 0.15) is 33.6 Å². The van der Waals surface area contributed by atoms with Crippen LogP contribution in [0.2, 0.25) is 0 Å². The van der Waals surface area contributed by atoms with Crippen LogP contribution < -0.4 is 5.32 Å². The highest BCUT2D eigenvalue weighted by atomic mass is 16.2. The van der Waals surface area contributed by atoms with Crippen molar-refractivity contribution in [2.24, 2.45) is 5.92 Å². The highest BCUT2D eigenvalue weighted by Gasteiger charge is 2.22. The van der Waals surface area contributed by atoms with Gasteiger partial charge in [-0.15, -0.1) is 0 Å². The van der Waals surface area contributed by atoms with Gasteiger partial charge < -0.3 is 15.1 Å². The van der Waals surface area contributed by atoms with Crippen LogP contribution in [0.15, 0.2) is 0 Å². The summed E-state index contributed by atoms with van der Waals surface area (Å²) in [5.41, 5.74) is -0.155. The lowest BCUT2D eigenvalue weighted by atomic mass is 9.97. The van der Waals surface area contributed by atoms with Crippen molar-refractivity contribution in [2.45, 2.75) is 39.2 Å². The predicted octanol–water partition coefficient (Wildman–Crippen LogP) is 1.77. The molecule has 100 valence electrons. The molecule has 4 nitrogen and oxygen atoms in total. The number of hydrogen-bond acceptors (Lipinski definition) is 2. The summed E-state index contributed by atoms with van der Waals surface area (Å²) >= 11 is 0. The summed E-state index contributed by atoms with van der Waals surface area (Å²) in [6.07, 6.45) is 2.40. The van der Waals surface area contributed by atoms with E-state index in [-0.39, 0.29) is 11.6 Å². The molecule has 0 aliphatic carbocycles. The molecule has 1 fully saturated rings. The van der Waals surface area contributed by atoms with Crippen LogP contribution in [0.5, 0.6) is 0 Å². The van der Waals surface area contributed by atoms with E-state index >= 15 is 0 Å². The van der Waals surface area contributed by atoms with Crippen molar-refractivity contribution in [1.29, 1.82) is 0 Å². The van der Waals surface area contributed by atoms with E-state index < -0.39 is 0 Å². The molecule has 0 aromatic carbocycles. The second-order valence-electron chi connectivity index (χ2n) is 6.31. The summed E-state index contributed by atoms with van der Waals surface area (Å²) in [6.45, 7) is 9.20. The van der Waals surface area contributed by atoms with Gasteiger partial charge in [-0.1, -0.05) is 0 Å². The fourth-order valence-electron chi connectivity index (χ4n) is 2.13.